The van der Waals surface area contributed by atoms with E-state index in [1.807, 2.05) is 0 Å². The summed E-state index contributed by atoms with van der Waals surface area (Å²) < 4.78 is 5.24. The molecule has 1 fully saturated rings. The Hall–Kier alpha value is -0.120. The van der Waals surface area contributed by atoms with Gasteiger partial charge in [-0.3, -0.25) is 0 Å². The molecule has 3 heteroatoms. The molecule has 1 aliphatic rings. The zero-order chi connectivity index (χ0) is 10.6. The Kier molecular flexibility index (Phi) is 4.35. The van der Waals surface area contributed by atoms with E-state index in [2.05, 4.69) is 26.1 Å². The molecule has 84 valence electrons. The number of hydrogen-bond acceptors (Lipinski definition) is 3. The third-order valence-corrected chi connectivity index (χ3v) is 3.57. The van der Waals surface area contributed by atoms with Crippen molar-refractivity contribution < 1.29 is 9.84 Å². The molecule has 0 aromatic carbocycles. The molecule has 2 N–H and O–H groups in total. The van der Waals surface area contributed by atoms with Gasteiger partial charge in [0.2, 0.25) is 0 Å². The van der Waals surface area contributed by atoms with Gasteiger partial charge in [-0.15, -0.1) is 0 Å². The van der Waals surface area contributed by atoms with Crippen LogP contribution >= 0.6 is 0 Å². The third-order valence-electron chi connectivity index (χ3n) is 3.57. The monoisotopic (exact) mass is 201 g/mol. The summed E-state index contributed by atoms with van der Waals surface area (Å²) in [6.45, 7) is 7.71. The molecule has 0 aromatic heterocycles. The van der Waals surface area contributed by atoms with Crippen LogP contribution in [0.5, 0.6) is 0 Å². The average Bonchev–Trinajstić information content (AvgIpc) is 2.61. The van der Waals surface area contributed by atoms with Crippen LogP contribution in [0.15, 0.2) is 0 Å². The lowest BCUT2D eigenvalue weighted by Gasteiger charge is -2.35. The molecule has 0 spiro atoms. The van der Waals surface area contributed by atoms with E-state index in [-0.39, 0.29) is 17.7 Å². The number of nitrogens with one attached hydrogen (secondary N) is 1. The first-order valence-electron chi connectivity index (χ1n) is 5.71. The normalized spacial score (nSPS) is 28.3. The maximum atomic E-state index is 9.65. The molecule has 0 aromatic rings. The van der Waals surface area contributed by atoms with Crippen LogP contribution < -0.4 is 5.32 Å². The minimum absolute atomic E-state index is 0.120. The summed E-state index contributed by atoms with van der Waals surface area (Å²) in [5.41, 5.74) is 0.180. The lowest BCUT2D eigenvalue weighted by molar-refractivity contribution is 0.115. The molecule has 14 heavy (non-hydrogen) atoms. The highest BCUT2D eigenvalue weighted by Gasteiger charge is 2.33. The summed E-state index contributed by atoms with van der Waals surface area (Å²) in [5, 5.41) is 13.2. The molecule has 0 amide bonds. The number of rotatable bonds is 5. The van der Waals surface area contributed by atoms with E-state index in [4.69, 9.17) is 4.74 Å². The fraction of sp³-hybridized carbons (Fsp3) is 1.00. The van der Waals surface area contributed by atoms with Gasteiger partial charge in [0.1, 0.15) is 0 Å². The van der Waals surface area contributed by atoms with Crippen LogP contribution in [-0.4, -0.2) is 36.0 Å². The molecule has 0 radical (unpaired) electrons. The summed E-state index contributed by atoms with van der Waals surface area (Å²) in [7, 11) is 0. The molecule has 3 nitrogen and oxygen atoms in total. The molecule has 1 rings (SSSR count). The second-order valence-corrected chi connectivity index (χ2v) is 4.20. The highest BCUT2D eigenvalue weighted by molar-refractivity contribution is 4.92. The van der Waals surface area contributed by atoms with E-state index in [0.29, 0.717) is 13.2 Å². The van der Waals surface area contributed by atoms with Gasteiger partial charge in [-0.2, -0.15) is 0 Å². The number of hydrogen-bond donors (Lipinski definition) is 2. The topological polar surface area (TPSA) is 41.5 Å². The van der Waals surface area contributed by atoms with Crippen molar-refractivity contribution in [1.29, 1.82) is 0 Å². The van der Waals surface area contributed by atoms with Crippen LogP contribution in [0.2, 0.25) is 0 Å². The number of aliphatic hydroxyl groups excluding tert-OH is 1. The molecular weight excluding hydrogens is 178 g/mol. The maximum Gasteiger partial charge on any atom is 0.0948 e. The highest BCUT2D eigenvalue weighted by atomic mass is 16.5. The number of aliphatic hydroxyl groups is 1. The molecule has 2 atom stereocenters. The molecule has 1 heterocycles. The molecule has 2 unspecified atom stereocenters. The molecule has 1 aliphatic heterocycles. The van der Waals surface area contributed by atoms with Crippen molar-refractivity contribution in [2.75, 3.05) is 13.2 Å². The SMILES string of the molecule is CCC(CC)(CC)NC1COCC1O. The Morgan fingerprint density at radius 1 is 1.21 bits per heavy atom. The average molecular weight is 201 g/mol. The van der Waals surface area contributed by atoms with Gasteiger partial charge >= 0.3 is 0 Å². The zero-order valence-electron chi connectivity index (χ0n) is 9.55. The highest BCUT2D eigenvalue weighted by Crippen LogP contribution is 2.22. The van der Waals surface area contributed by atoms with Crippen LogP contribution in [0.3, 0.4) is 0 Å². The molecular formula is C11H23NO2. The van der Waals surface area contributed by atoms with Crippen molar-refractivity contribution in [2.24, 2.45) is 0 Å². The largest absolute Gasteiger partial charge is 0.389 e. The summed E-state index contributed by atoms with van der Waals surface area (Å²) in [6.07, 6.45) is 2.97. The first-order valence-corrected chi connectivity index (χ1v) is 5.71. The fourth-order valence-electron chi connectivity index (χ4n) is 2.13. The first kappa shape index (κ1) is 12.0. The predicted octanol–water partition coefficient (Wildman–Crippen LogP) is 1.30. The summed E-state index contributed by atoms with van der Waals surface area (Å²) in [4.78, 5) is 0. The second-order valence-electron chi connectivity index (χ2n) is 4.20. The van der Waals surface area contributed by atoms with Gasteiger partial charge in [0.25, 0.3) is 0 Å². The van der Waals surface area contributed by atoms with E-state index < -0.39 is 0 Å². The van der Waals surface area contributed by atoms with Crippen molar-refractivity contribution in [3.05, 3.63) is 0 Å². The van der Waals surface area contributed by atoms with Gasteiger partial charge in [0.15, 0.2) is 0 Å². The van der Waals surface area contributed by atoms with Crippen molar-refractivity contribution in [3.8, 4) is 0 Å². The van der Waals surface area contributed by atoms with E-state index in [1.165, 1.54) is 0 Å². The Labute approximate surface area is 86.8 Å². The van der Waals surface area contributed by atoms with Crippen LogP contribution in [-0.2, 0) is 4.74 Å². The summed E-state index contributed by atoms with van der Waals surface area (Å²) in [5.74, 6) is 0. The Bertz CT molecular complexity index is 160. The van der Waals surface area contributed by atoms with Crippen molar-refractivity contribution >= 4 is 0 Å². The van der Waals surface area contributed by atoms with Crippen LogP contribution in [0.1, 0.15) is 40.0 Å². The van der Waals surface area contributed by atoms with Gasteiger partial charge in [-0.25, -0.2) is 0 Å². The quantitative estimate of drug-likeness (QED) is 0.704. The fourth-order valence-corrected chi connectivity index (χ4v) is 2.13. The predicted molar refractivity (Wildman–Crippen MR) is 57.4 cm³/mol. The number of ether oxygens (including phenoxy) is 1. The van der Waals surface area contributed by atoms with Gasteiger partial charge in [0, 0.05) is 5.54 Å². The van der Waals surface area contributed by atoms with Crippen LogP contribution in [0, 0.1) is 0 Å². The Morgan fingerprint density at radius 2 is 1.79 bits per heavy atom. The standard InChI is InChI=1S/C11H23NO2/c1-4-11(5-2,6-3)12-9-7-14-8-10(9)13/h9-10,12-13H,4-8H2,1-3H3. The maximum absolute atomic E-state index is 9.65. The summed E-state index contributed by atoms with van der Waals surface area (Å²) in [6, 6.07) is 0.120. The van der Waals surface area contributed by atoms with E-state index in [1.54, 1.807) is 0 Å². The van der Waals surface area contributed by atoms with Crippen LogP contribution in [0.25, 0.3) is 0 Å². The molecule has 0 aliphatic carbocycles. The minimum Gasteiger partial charge on any atom is -0.389 e. The molecule has 0 bridgehead atoms. The molecule has 0 saturated carbocycles. The minimum atomic E-state index is -0.334. The van der Waals surface area contributed by atoms with E-state index >= 15 is 0 Å². The third kappa shape index (κ3) is 2.47. The zero-order valence-corrected chi connectivity index (χ0v) is 9.55. The van der Waals surface area contributed by atoms with Crippen molar-refractivity contribution in [3.63, 3.8) is 0 Å². The van der Waals surface area contributed by atoms with Gasteiger partial charge in [-0.1, -0.05) is 20.8 Å². The first-order chi connectivity index (χ1) is 6.67. The van der Waals surface area contributed by atoms with E-state index in [0.717, 1.165) is 19.3 Å². The Morgan fingerprint density at radius 3 is 2.14 bits per heavy atom. The van der Waals surface area contributed by atoms with Gasteiger partial charge < -0.3 is 15.2 Å². The lowest BCUT2D eigenvalue weighted by atomic mass is 9.88. The smallest absolute Gasteiger partial charge is 0.0948 e. The summed E-state index contributed by atoms with van der Waals surface area (Å²) >= 11 is 0. The van der Waals surface area contributed by atoms with Crippen LogP contribution in [0.4, 0.5) is 0 Å². The molecule has 1 saturated heterocycles. The second kappa shape index (κ2) is 5.10. The van der Waals surface area contributed by atoms with Gasteiger partial charge in [0.05, 0.1) is 25.4 Å². The van der Waals surface area contributed by atoms with Gasteiger partial charge in [-0.05, 0) is 19.3 Å². The Balaban J connectivity index is 2.54. The van der Waals surface area contributed by atoms with Crippen molar-refractivity contribution in [2.45, 2.75) is 57.7 Å². The lowest BCUT2D eigenvalue weighted by Crippen LogP contribution is -2.53. The van der Waals surface area contributed by atoms with E-state index in [9.17, 15) is 5.11 Å². The van der Waals surface area contributed by atoms with Crippen molar-refractivity contribution in [1.82, 2.24) is 5.32 Å².